The molecule has 0 aliphatic carbocycles. The van der Waals surface area contributed by atoms with Crippen molar-refractivity contribution in [2.45, 2.75) is 19.6 Å². The molecule has 1 aliphatic rings. The van der Waals surface area contributed by atoms with Gasteiger partial charge in [0.15, 0.2) is 0 Å². The number of pyridine rings is 1. The third-order valence-corrected chi connectivity index (χ3v) is 7.83. The van der Waals surface area contributed by atoms with Crippen LogP contribution in [0.1, 0.15) is 28.4 Å². The SMILES string of the molecule is Cc1ccc2nc(NCC(O)c3ccccc3)c(/C=C3/SC(=S)N(Cc4ccccc4Cl)C3=O)c(=O)n2c1. The van der Waals surface area contributed by atoms with Gasteiger partial charge in [-0.3, -0.25) is 18.9 Å². The van der Waals surface area contributed by atoms with Crippen LogP contribution in [0.4, 0.5) is 5.82 Å². The number of thiocarbonyl (C=S) groups is 1. The first-order valence-corrected chi connectivity index (χ1v) is 13.4. The van der Waals surface area contributed by atoms with Crippen molar-refractivity contribution >= 4 is 63.3 Å². The fourth-order valence-corrected chi connectivity index (χ4v) is 5.51. The highest BCUT2D eigenvalue weighted by molar-refractivity contribution is 8.26. The number of hydrogen-bond donors (Lipinski definition) is 2. The van der Waals surface area contributed by atoms with Gasteiger partial charge in [-0.1, -0.05) is 90.2 Å². The maximum absolute atomic E-state index is 13.6. The highest BCUT2D eigenvalue weighted by Gasteiger charge is 2.33. The van der Waals surface area contributed by atoms with E-state index in [0.29, 0.717) is 19.9 Å². The second-order valence-electron chi connectivity index (χ2n) is 8.78. The summed E-state index contributed by atoms with van der Waals surface area (Å²) in [7, 11) is 0. The van der Waals surface area contributed by atoms with Gasteiger partial charge in [0.25, 0.3) is 11.5 Å². The summed E-state index contributed by atoms with van der Waals surface area (Å²) in [5, 5.41) is 14.3. The predicted octanol–water partition coefficient (Wildman–Crippen LogP) is 5.20. The molecule has 1 amide bonds. The second-order valence-corrected chi connectivity index (χ2v) is 10.9. The Bertz CT molecular complexity index is 1640. The van der Waals surface area contributed by atoms with Gasteiger partial charge in [0.2, 0.25) is 0 Å². The van der Waals surface area contributed by atoms with Crippen LogP contribution in [0.5, 0.6) is 0 Å². The number of aliphatic hydroxyl groups is 1. The third kappa shape index (κ3) is 5.37. The average Bonchev–Trinajstić information content (AvgIpc) is 3.18. The van der Waals surface area contributed by atoms with Crippen molar-refractivity contribution in [3.8, 4) is 0 Å². The van der Waals surface area contributed by atoms with Crippen LogP contribution < -0.4 is 10.9 Å². The molecule has 0 saturated carbocycles. The summed E-state index contributed by atoms with van der Waals surface area (Å²) in [6, 6.07) is 20.1. The number of nitrogens with one attached hydrogen (secondary N) is 1. The smallest absolute Gasteiger partial charge is 0.267 e. The number of halogens is 1. The van der Waals surface area contributed by atoms with E-state index in [4.69, 9.17) is 23.8 Å². The molecular weight excluding hydrogens is 540 g/mol. The molecule has 10 heteroatoms. The number of aryl methyl sites for hydroxylation is 1. The molecule has 192 valence electrons. The zero-order valence-corrected chi connectivity index (χ0v) is 22.7. The van der Waals surface area contributed by atoms with E-state index in [1.165, 1.54) is 15.4 Å². The highest BCUT2D eigenvalue weighted by Crippen LogP contribution is 2.35. The van der Waals surface area contributed by atoms with Gasteiger partial charge in [0.05, 0.1) is 23.1 Å². The Labute approximate surface area is 233 Å². The van der Waals surface area contributed by atoms with E-state index >= 15 is 0 Å². The lowest BCUT2D eigenvalue weighted by Gasteiger charge is -2.16. The van der Waals surface area contributed by atoms with Crippen molar-refractivity contribution in [3.63, 3.8) is 0 Å². The first-order valence-electron chi connectivity index (χ1n) is 11.8. The number of aliphatic hydroxyl groups excluding tert-OH is 1. The molecule has 1 aliphatic heterocycles. The first kappa shape index (κ1) is 26.1. The van der Waals surface area contributed by atoms with E-state index in [9.17, 15) is 14.7 Å². The molecule has 0 bridgehead atoms. The summed E-state index contributed by atoms with van der Waals surface area (Å²) in [5.74, 6) is -0.0471. The van der Waals surface area contributed by atoms with Crippen molar-refractivity contribution in [2.75, 3.05) is 11.9 Å². The molecule has 7 nitrogen and oxygen atoms in total. The largest absolute Gasteiger partial charge is 0.387 e. The van der Waals surface area contributed by atoms with Crippen molar-refractivity contribution in [1.29, 1.82) is 0 Å². The van der Waals surface area contributed by atoms with Crippen LogP contribution in [-0.2, 0) is 11.3 Å². The molecule has 3 heterocycles. The summed E-state index contributed by atoms with van der Waals surface area (Å²) >= 11 is 12.9. The number of aromatic nitrogens is 2. The highest BCUT2D eigenvalue weighted by atomic mass is 35.5. The molecule has 5 rings (SSSR count). The molecule has 0 spiro atoms. The number of fused-ring (bicyclic) bond motifs is 1. The van der Waals surface area contributed by atoms with E-state index in [-0.39, 0.29) is 35.9 Å². The van der Waals surface area contributed by atoms with Gasteiger partial charge in [0, 0.05) is 17.8 Å². The normalized spacial score (nSPS) is 15.4. The van der Waals surface area contributed by atoms with Gasteiger partial charge in [-0.2, -0.15) is 0 Å². The summed E-state index contributed by atoms with van der Waals surface area (Å²) in [6.45, 7) is 2.23. The molecular formula is C28H23ClN4O3S2. The third-order valence-electron chi connectivity index (χ3n) is 6.09. The summed E-state index contributed by atoms with van der Waals surface area (Å²) in [4.78, 5) is 33.4. The van der Waals surface area contributed by atoms with Crippen molar-refractivity contribution in [2.24, 2.45) is 0 Å². The first-order chi connectivity index (χ1) is 18.3. The molecule has 1 atom stereocenters. The Morgan fingerprint density at radius 2 is 1.84 bits per heavy atom. The van der Waals surface area contributed by atoms with E-state index < -0.39 is 6.10 Å². The minimum Gasteiger partial charge on any atom is -0.387 e. The number of rotatable bonds is 7. The van der Waals surface area contributed by atoms with E-state index in [2.05, 4.69) is 10.3 Å². The Balaban J connectivity index is 1.51. The second kappa shape index (κ2) is 11.1. The van der Waals surface area contributed by atoms with Crippen LogP contribution in [0.3, 0.4) is 0 Å². The van der Waals surface area contributed by atoms with Gasteiger partial charge in [-0.15, -0.1) is 0 Å². The van der Waals surface area contributed by atoms with Crippen molar-refractivity contribution < 1.29 is 9.90 Å². The quantitative estimate of drug-likeness (QED) is 0.236. The van der Waals surface area contributed by atoms with E-state index in [1.807, 2.05) is 61.5 Å². The summed E-state index contributed by atoms with van der Waals surface area (Å²) < 4.78 is 1.82. The molecule has 2 N–H and O–H groups in total. The lowest BCUT2D eigenvalue weighted by molar-refractivity contribution is -0.122. The Hall–Kier alpha value is -3.50. The Morgan fingerprint density at radius 3 is 2.61 bits per heavy atom. The van der Waals surface area contributed by atoms with Crippen LogP contribution >= 0.6 is 35.6 Å². The van der Waals surface area contributed by atoms with Crippen LogP contribution in [0.2, 0.25) is 5.02 Å². The van der Waals surface area contributed by atoms with Gasteiger partial charge < -0.3 is 10.4 Å². The molecule has 4 aromatic rings. The van der Waals surface area contributed by atoms with Gasteiger partial charge >= 0.3 is 0 Å². The number of amides is 1. The maximum atomic E-state index is 13.6. The molecule has 2 aromatic heterocycles. The van der Waals surface area contributed by atoms with Gasteiger partial charge in [0.1, 0.15) is 15.8 Å². The summed E-state index contributed by atoms with van der Waals surface area (Å²) in [6.07, 6.45) is 2.40. The standard InChI is InChI=1S/C28H23ClN4O3S2/c1-17-11-12-24-31-25(30-14-22(34)18-7-3-2-4-8-18)20(26(35)32(24)15-17)13-23-27(36)33(28(37)38-23)16-19-9-5-6-10-21(19)29/h2-13,15,22,30,34H,14,16H2,1H3/b23-13+. The Kier molecular flexibility index (Phi) is 7.62. The van der Waals surface area contributed by atoms with Crippen LogP contribution in [-0.4, -0.2) is 36.2 Å². The Morgan fingerprint density at radius 1 is 1.11 bits per heavy atom. The van der Waals surface area contributed by atoms with Crippen LogP contribution in [0, 0.1) is 6.92 Å². The lowest BCUT2D eigenvalue weighted by Crippen LogP contribution is -2.27. The zero-order valence-electron chi connectivity index (χ0n) is 20.3. The number of nitrogens with zero attached hydrogens (tertiary/aromatic N) is 3. The minimum atomic E-state index is -0.823. The number of hydrogen-bond acceptors (Lipinski definition) is 7. The summed E-state index contributed by atoms with van der Waals surface area (Å²) in [5.41, 5.74) is 2.69. The van der Waals surface area contributed by atoms with Gasteiger partial charge in [-0.05, 0) is 41.8 Å². The number of carbonyl (C=O) groups is 1. The molecule has 2 aromatic carbocycles. The number of anilines is 1. The number of carbonyl (C=O) groups excluding carboxylic acids is 1. The van der Waals surface area contributed by atoms with Crippen LogP contribution in [0.15, 0.2) is 82.6 Å². The molecule has 1 unspecified atom stereocenters. The predicted molar refractivity (Wildman–Crippen MR) is 156 cm³/mol. The monoisotopic (exact) mass is 562 g/mol. The molecule has 1 fully saturated rings. The maximum Gasteiger partial charge on any atom is 0.267 e. The fraction of sp³-hybridized carbons (Fsp3) is 0.143. The molecule has 1 saturated heterocycles. The van der Waals surface area contributed by atoms with E-state index in [1.54, 1.807) is 18.3 Å². The van der Waals surface area contributed by atoms with Crippen molar-refractivity contribution in [1.82, 2.24) is 14.3 Å². The van der Waals surface area contributed by atoms with E-state index in [0.717, 1.165) is 28.5 Å². The van der Waals surface area contributed by atoms with Crippen molar-refractivity contribution in [3.05, 3.63) is 115 Å². The fourth-order valence-electron chi connectivity index (χ4n) is 4.07. The molecule has 0 radical (unpaired) electrons. The lowest BCUT2D eigenvalue weighted by atomic mass is 10.1. The zero-order chi connectivity index (χ0) is 26.8. The topological polar surface area (TPSA) is 86.9 Å². The molecule has 38 heavy (non-hydrogen) atoms. The minimum absolute atomic E-state index is 0.118. The number of benzene rings is 2. The average molecular weight is 563 g/mol. The van der Waals surface area contributed by atoms with Crippen LogP contribution in [0.25, 0.3) is 11.7 Å². The van der Waals surface area contributed by atoms with Gasteiger partial charge in [-0.25, -0.2) is 4.98 Å². The number of thioether (sulfide) groups is 1.